The zero-order valence-corrected chi connectivity index (χ0v) is 4.48. The van der Waals surface area contributed by atoms with Gasteiger partial charge in [0.15, 0.2) is 0 Å². The molecule has 0 aliphatic carbocycles. The van der Waals surface area contributed by atoms with Gasteiger partial charge >= 0.3 is 0 Å². The van der Waals surface area contributed by atoms with E-state index in [-0.39, 0.29) is 0 Å². The van der Waals surface area contributed by atoms with Gasteiger partial charge in [-0.25, -0.2) is 0 Å². The van der Waals surface area contributed by atoms with Gasteiger partial charge in [0.2, 0.25) is 0 Å². The van der Waals surface area contributed by atoms with Crippen molar-refractivity contribution in [1.29, 1.82) is 0 Å². The van der Waals surface area contributed by atoms with Crippen LogP contribution < -0.4 is 0 Å². The van der Waals surface area contributed by atoms with E-state index in [1.54, 1.807) is 0 Å². The molecule has 0 aliphatic rings. The lowest BCUT2D eigenvalue weighted by atomic mass is 10.2. The fraction of sp³-hybridized carbons (Fsp3) is 0.429. The van der Waals surface area contributed by atoms with Gasteiger partial charge in [-0.15, -0.1) is 5.73 Å². The van der Waals surface area contributed by atoms with Crippen LogP contribution in [0.5, 0.6) is 0 Å². The number of hydrogen-bond acceptors (Lipinski definition) is 0. The van der Waals surface area contributed by atoms with Crippen LogP contribution in [0, 0.1) is 13.5 Å². The maximum Gasteiger partial charge on any atom is -0.0126 e. The quantitative estimate of drug-likeness (QED) is 0.371. The molecule has 0 aromatic heterocycles. The van der Waals surface area contributed by atoms with Gasteiger partial charge in [0.05, 0.1) is 0 Å². The molecular formula is C7H10. The molecule has 2 radical (unpaired) electrons. The molecule has 0 saturated carbocycles. The topological polar surface area (TPSA) is 0 Å². The summed E-state index contributed by atoms with van der Waals surface area (Å²) in [6, 6.07) is 0. The van der Waals surface area contributed by atoms with E-state index in [2.05, 4.69) is 12.7 Å². The molecule has 0 spiro atoms. The third-order valence-electron chi connectivity index (χ3n) is 0.716. The smallest absolute Gasteiger partial charge is 0.0126 e. The Labute approximate surface area is 45.5 Å². The van der Waals surface area contributed by atoms with Crippen molar-refractivity contribution >= 4 is 0 Å². The molecule has 0 N–H and O–H groups in total. The Balaban J connectivity index is 2.83. The molecule has 0 fully saturated rings. The van der Waals surface area contributed by atoms with E-state index in [0.29, 0.717) is 0 Å². The first kappa shape index (κ1) is 6.52. The van der Waals surface area contributed by atoms with Gasteiger partial charge in [0.25, 0.3) is 0 Å². The molecule has 0 unspecified atom stereocenters. The molecule has 0 heteroatoms. The molecule has 38 valence electrons. The molecule has 0 nitrogen and oxygen atoms in total. The maximum absolute atomic E-state index is 4.94. The summed E-state index contributed by atoms with van der Waals surface area (Å²) in [7, 11) is 0. The summed E-state index contributed by atoms with van der Waals surface area (Å²) in [5.41, 5.74) is 2.45. The van der Waals surface area contributed by atoms with Crippen LogP contribution in [0.1, 0.15) is 19.3 Å². The number of rotatable bonds is 3. The van der Waals surface area contributed by atoms with Crippen LogP contribution in [-0.2, 0) is 0 Å². The van der Waals surface area contributed by atoms with Crippen LogP contribution in [0.2, 0.25) is 0 Å². The lowest BCUT2D eigenvalue weighted by molar-refractivity contribution is 0.867. The second-order valence-electron chi connectivity index (χ2n) is 1.37. The van der Waals surface area contributed by atoms with Crippen LogP contribution >= 0.6 is 0 Å². The third kappa shape index (κ3) is 5.52. The minimum absolute atomic E-state index is 0.984. The van der Waals surface area contributed by atoms with Crippen LogP contribution in [0.15, 0.2) is 11.8 Å². The highest BCUT2D eigenvalue weighted by molar-refractivity contribution is 4.72. The molecule has 0 heterocycles. The van der Waals surface area contributed by atoms with Crippen LogP contribution in [0.4, 0.5) is 0 Å². The van der Waals surface area contributed by atoms with Crippen molar-refractivity contribution in [3.8, 4) is 0 Å². The van der Waals surface area contributed by atoms with Crippen molar-refractivity contribution in [3.05, 3.63) is 25.3 Å². The van der Waals surface area contributed by atoms with Crippen molar-refractivity contribution in [3.63, 3.8) is 0 Å². The monoisotopic (exact) mass is 94.1 g/mol. The Kier molecular flexibility index (Phi) is 5.14. The van der Waals surface area contributed by atoms with E-state index in [0.717, 1.165) is 19.3 Å². The summed E-state index contributed by atoms with van der Waals surface area (Å²) in [5, 5.41) is 0. The second kappa shape index (κ2) is 5.52. The van der Waals surface area contributed by atoms with Crippen molar-refractivity contribution in [2.75, 3.05) is 0 Å². The molecule has 0 bridgehead atoms. The maximum atomic E-state index is 4.94. The molecule has 0 rings (SSSR count). The molecule has 0 aromatic rings. The standard InChI is InChI=1S/C7H10/c1-3-5-7-6-4-2/h1,5H,2,4,6-7H2. The highest BCUT2D eigenvalue weighted by atomic mass is 13.8. The summed E-state index contributed by atoms with van der Waals surface area (Å²) >= 11 is 0. The predicted molar refractivity (Wildman–Crippen MR) is 31.6 cm³/mol. The van der Waals surface area contributed by atoms with Gasteiger partial charge in [0.1, 0.15) is 0 Å². The average Bonchev–Trinajstić information content (AvgIpc) is 1.69. The van der Waals surface area contributed by atoms with Crippen molar-refractivity contribution < 1.29 is 0 Å². The highest BCUT2D eigenvalue weighted by Gasteiger charge is 1.72. The van der Waals surface area contributed by atoms with E-state index < -0.39 is 0 Å². The Bertz CT molecular complexity index is 66.1. The second-order valence-corrected chi connectivity index (χ2v) is 1.37. The van der Waals surface area contributed by atoms with E-state index in [1.807, 2.05) is 6.08 Å². The molecule has 7 heavy (non-hydrogen) atoms. The van der Waals surface area contributed by atoms with Crippen molar-refractivity contribution in [2.24, 2.45) is 0 Å². The van der Waals surface area contributed by atoms with Crippen molar-refractivity contribution in [2.45, 2.75) is 19.3 Å². The fourth-order valence-corrected chi connectivity index (χ4v) is 0.330. The minimum Gasteiger partial charge on any atom is -0.125 e. The lowest BCUT2D eigenvalue weighted by Gasteiger charge is -1.81. The fourth-order valence-electron chi connectivity index (χ4n) is 0.330. The Morgan fingerprint density at radius 3 is 2.86 bits per heavy atom. The first-order valence-electron chi connectivity index (χ1n) is 2.49. The third-order valence-corrected chi connectivity index (χ3v) is 0.716. The first-order chi connectivity index (χ1) is 3.41. The van der Waals surface area contributed by atoms with Gasteiger partial charge in [-0.3, -0.25) is 0 Å². The Morgan fingerprint density at radius 2 is 2.43 bits per heavy atom. The molecule has 0 atom stereocenters. The summed E-state index contributed by atoms with van der Waals surface area (Å²) in [4.78, 5) is 0. The molecule has 0 aliphatic heterocycles. The van der Waals surface area contributed by atoms with E-state index in [1.165, 1.54) is 0 Å². The zero-order valence-electron chi connectivity index (χ0n) is 4.48. The minimum atomic E-state index is 0.984. The Hall–Kier alpha value is -0.480. The molecular weight excluding hydrogens is 84.1 g/mol. The average molecular weight is 94.2 g/mol. The summed E-state index contributed by atoms with van der Waals surface area (Å²) < 4.78 is 0. The van der Waals surface area contributed by atoms with Gasteiger partial charge in [0, 0.05) is 0 Å². The van der Waals surface area contributed by atoms with Crippen LogP contribution in [-0.4, -0.2) is 0 Å². The largest absolute Gasteiger partial charge is 0.125 e. The zero-order chi connectivity index (χ0) is 5.54. The first-order valence-corrected chi connectivity index (χ1v) is 2.49. The van der Waals surface area contributed by atoms with E-state index in [4.69, 9.17) is 6.58 Å². The van der Waals surface area contributed by atoms with Gasteiger partial charge in [-0.1, -0.05) is 13.3 Å². The lowest BCUT2D eigenvalue weighted by Crippen LogP contribution is -1.63. The van der Waals surface area contributed by atoms with Crippen LogP contribution in [0.25, 0.3) is 0 Å². The highest BCUT2D eigenvalue weighted by Crippen LogP contribution is 1.91. The predicted octanol–water partition coefficient (Wildman–Crippen LogP) is 2.14. The summed E-state index contributed by atoms with van der Waals surface area (Å²) in [6.45, 7) is 8.61. The normalized spacial score (nSPS) is 7.57. The number of allylic oxidation sites excluding steroid dienone is 1. The SMILES string of the molecule is [CH]=C=CCCC[CH2]. The van der Waals surface area contributed by atoms with Crippen LogP contribution in [0.3, 0.4) is 0 Å². The molecule has 0 aromatic carbocycles. The number of hydrogen-bond donors (Lipinski definition) is 0. The van der Waals surface area contributed by atoms with Gasteiger partial charge in [-0.2, -0.15) is 0 Å². The molecule has 0 amide bonds. The van der Waals surface area contributed by atoms with E-state index >= 15 is 0 Å². The summed E-state index contributed by atoms with van der Waals surface area (Å²) in [5.74, 6) is 0. The summed E-state index contributed by atoms with van der Waals surface area (Å²) in [6.07, 6.45) is 4.94. The van der Waals surface area contributed by atoms with Crippen molar-refractivity contribution in [1.82, 2.24) is 0 Å². The van der Waals surface area contributed by atoms with Gasteiger partial charge in [-0.05, 0) is 25.5 Å². The van der Waals surface area contributed by atoms with E-state index in [9.17, 15) is 0 Å². The number of unbranched alkanes of at least 4 members (excludes halogenated alkanes) is 2. The molecule has 0 saturated heterocycles. The van der Waals surface area contributed by atoms with Gasteiger partial charge < -0.3 is 0 Å². The Morgan fingerprint density at radius 1 is 1.71 bits per heavy atom.